The van der Waals surface area contributed by atoms with E-state index in [4.69, 9.17) is 0 Å². The standard InChI is InChI=1S/C14H19NO3S/c1-3-4-9(2)14(16)15-8-12-10-5-6-11(7-10)13(12)19(15,17)18/h3,5-6,9-13H,1,4,7-8H2,2H3/t9-,10+,11-,12+,13-/m0/s1. The lowest BCUT2D eigenvalue weighted by molar-refractivity contribution is -0.130. The van der Waals surface area contributed by atoms with E-state index in [2.05, 4.69) is 12.7 Å². The molecule has 0 aromatic heterocycles. The molecule has 0 unspecified atom stereocenters. The van der Waals surface area contributed by atoms with Gasteiger partial charge in [-0.1, -0.05) is 25.2 Å². The molecule has 19 heavy (non-hydrogen) atoms. The number of rotatable bonds is 3. The number of hydrogen-bond acceptors (Lipinski definition) is 3. The molecule has 5 heteroatoms. The van der Waals surface area contributed by atoms with Gasteiger partial charge in [0.25, 0.3) is 0 Å². The second-order valence-electron chi connectivity index (χ2n) is 5.92. The highest BCUT2D eigenvalue weighted by molar-refractivity contribution is 7.90. The van der Waals surface area contributed by atoms with Crippen molar-refractivity contribution in [1.82, 2.24) is 4.31 Å². The van der Waals surface area contributed by atoms with Crippen molar-refractivity contribution in [2.45, 2.75) is 25.0 Å². The van der Waals surface area contributed by atoms with Gasteiger partial charge in [0.05, 0.1) is 5.25 Å². The number of nitrogens with zero attached hydrogens (tertiary/aromatic N) is 1. The average molecular weight is 281 g/mol. The van der Waals surface area contributed by atoms with E-state index in [1.165, 1.54) is 0 Å². The molecule has 104 valence electrons. The van der Waals surface area contributed by atoms with Gasteiger partial charge in [-0.15, -0.1) is 6.58 Å². The Hall–Kier alpha value is -1.10. The number of amides is 1. The molecule has 1 amide bonds. The minimum atomic E-state index is -3.46. The van der Waals surface area contributed by atoms with E-state index in [1.54, 1.807) is 13.0 Å². The van der Waals surface area contributed by atoms with Gasteiger partial charge >= 0.3 is 0 Å². The van der Waals surface area contributed by atoms with Gasteiger partial charge in [-0.05, 0) is 24.7 Å². The van der Waals surface area contributed by atoms with Crippen molar-refractivity contribution in [1.29, 1.82) is 0 Å². The highest BCUT2D eigenvalue weighted by atomic mass is 32.2. The molecule has 0 aromatic rings. The van der Waals surface area contributed by atoms with Gasteiger partial charge in [-0.3, -0.25) is 4.79 Å². The Bertz CT molecular complexity index is 551. The van der Waals surface area contributed by atoms with E-state index in [0.29, 0.717) is 18.9 Å². The summed E-state index contributed by atoms with van der Waals surface area (Å²) in [5.41, 5.74) is 0. The van der Waals surface area contributed by atoms with Crippen LogP contribution in [0.15, 0.2) is 24.8 Å². The minimum absolute atomic E-state index is 0.111. The van der Waals surface area contributed by atoms with Gasteiger partial charge < -0.3 is 0 Å². The highest BCUT2D eigenvalue weighted by Crippen LogP contribution is 2.51. The summed E-state index contributed by atoms with van der Waals surface area (Å²) in [5.74, 6) is -0.00455. The zero-order chi connectivity index (χ0) is 13.8. The molecule has 1 aliphatic heterocycles. The van der Waals surface area contributed by atoms with Crippen LogP contribution < -0.4 is 0 Å². The van der Waals surface area contributed by atoms with Crippen molar-refractivity contribution in [3.05, 3.63) is 24.8 Å². The molecule has 3 aliphatic rings. The summed E-state index contributed by atoms with van der Waals surface area (Å²) in [6.07, 6.45) is 7.27. The van der Waals surface area contributed by atoms with E-state index in [-0.39, 0.29) is 28.9 Å². The molecule has 4 nitrogen and oxygen atoms in total. The molecule has 2 bridgehead atoms. The maximum atomic E-state index is 12.6. The average Bonchev–Trinajstić information content (AvgIpc) is 3.00. The first-order chi connectivity index (χ1) is 8.96. The largest absolute Gasteiger partial charge is 0.273 e. The number of fused-ring (bicyclic) bond motifs is 5. The molecule has 1 heterocycles. The van der Waals surface area contributed by atoms with Gasteiger partial charge in [0.15, 0.2) is 0 Å². The predicted molar refractivity (Wildman–Crippen MR) is 72.6 cm³/mol. The van der Waals surface area contributed by atoms with Crippen LogP contribution in [0.4, 0.5) is 0 Å². The Labute approximate surface area is 114 Å². The lowest BCUT2D eigenvalue weighted by Crippen LogP contribution is -2.39. The summed E-state index contributed by atoms with van der Waals surface area (Å²) in [6.45, 7) is 5.75. The van der Waals surface area contributed by atoms with Gasteiger partial charge in [0, 0.05) is 18.4 Å². The molecule has 2 fully saturated rings. The first kappa shape index (κ1) is 12.9. The lowest BCUT2D eigenvalue weighted by atomic mass is 9.93. The zero-order valence-electron chi connectivity index (χ0n) is 11.0. The molecular weight excluding hydrogens is 262 g/mol. The van der Waals surface area contributed by atoms with Crippen LogP contribution in [0.1, 0.15) is 19.8 Å². The van der Waals surface area contributed by atoms with Crippen LogP contribution in [-0.4, -0.2) is 30.4 Å². The fourth-order valence-electron chi connectivity index (χ4n) is 3.81. The van der Waals surface area contributed by atoms with Gasteiger partial charge in [-0.2, -0.15) is 0 Å². The van der Waals surface area contributed by atoms with Crippen molar-refractivity contribution >= 4 is 15.9 Å². The number of sulfonamides is 1. The number of allylic oxidation sites excluding steroid dienone is 3. The molecule has 3 rings (SSSR count). The molecule has 0 spiro atoms. The molecule has 5 atom stereocenters. The second-order valence-corrected chi connectivity index (χ2v) is 7.93. The van der Waals surface area contributed by atoms with E-state index in [0.717, 1.165) is 10.7 Å². The van der Waals surface area contributed by atoms with Crippen LogP contribution in [0, 0.1) is 23.7 Å². The number of carbonyl (C=O) groups is 1. The maximum absolute atomic E-state index is 12.6. The summed E-state index contributed by atoms with van der Waals surface area (Å²) in [6, 6.07) is 0. The Kier molecular flexibility index (Phi) is 2.85. The van der Waals surface area contributed by atoms with Gasteiger partial charge in [0.1, 0.15) is 0 Å². The maximum Gasteiger partial charge on any atom is 0.241 e. The third kappa shape index (κ3) is 1.71. The van der Waals surface area contributed by atoms with Crippen LogP contribution in [0.5, 0.6) is 0 Å². The van der Waals surface area contributed by atoms with Gasteiger partial charge in [-0.25, -0.2) is 12.7 Å². The Morgan fingerprint density at radius 2 is 2.16 bits per heavy atom. The third-order valence-electron chi connectivity index (χ3n) is 4.76. The molecule has 1 saturated carbocycles. The summed E-state index contributed by atoms with van der Waals surface area (Å²) in [4.78, 5) is 12.3. The second kappa shape index (κ2) is 4.20. The fourth-order valence-corrected chi connectivity index (χ4v) is 6.29. The molecule has 0 N–H and O–H groups in total. The summed E-state index contributed by atoms with van der Waals surface area (Å²) >= 11 is 0. The van der Waals surface area contributed by atoms with Crippen LogP contribution in [0.25, 0.3) is 0 Å². The van der Waals surface area contributed by atoms with Gasteiger partial charge in [0.2, 0.25) is 15.9 Å². The van der Waals surface area contributed by atoms with Crippen molar-refractivity contribution in [2.24, 2.45) is 23.7 Å². The SMILES string of the molecule is C=CC[C@H](C)C(=O)N1C[C@H]2[C@H]([C@H]3C=C[C@@H]2C3)S1(=O)=O. The molecular formula is C14H19NO3S. The first-order valence-electron chi connectivity index (χ1n) is 6.81. The third-order valence-corrected chi connectivity index (χ3v) is 7.09. The molecule has 1 saturated heterocycles. The van der Waals surface area contributed by atoms with Crippen LogP contribution >= 0.6 is 0 Å². The summed E-state index contributed by atoms with van der Waals surface area (Å²) < 4.78 is 26.3. The van der Waals surface area contributed by atoms with Crippen LogP contribution in [0.2, 0.25) is 0 Å². The van der Waals surface area contributed by atoms with E-state index in [1.807, 2.05) is 6.08 Å². The Morgan fingerprint density at radius 3 is 2.79 bits per heavy atom. The molecule has 2 aliphatic carbocycles. The molecule has 0 aromatic carbocycles. The van der Waals surface area contributed by atoms with Crippen LogP contribution in [-0.2, 0) is 14.8 Å². The van der Waals surface area contributed by atoms with E-state index < -0.39 is 10.0 Å². The highest BCUT2D eigenvalue weighted by Gasteiger charge is 2.59. The Balaban J connectivity index is 1.87. The van der Waals surface area contributed by atoms with Crippen molar-refractivity contribution < 1.29 is 13.2 Å². The van der Waals surface area contributed by atoms with E-state index >= 15 is 0 Å². The smallest absolute Gasteiger partial charge is 0.241 e. The quantitative estimate of drug-likeness (QED) is 0.738. The van der Waals surface area contributed by atoms with E-state index in [9.17, 15) is 13.2 Å². The Morgan fingerprint density at radius 1 is 1.47 bits per heavy atom. The normalized spacial score (nSPS) is 39.3. The number of carbonyl (C=O) groups excluding carboxylic acids is 1. The first-order valence-corrected chi connectivity index (χ1v) is 8.31. The van der Waals surface area contributed by atoms with Crippen molar-refractivity contribution in [2.75, 3.05) is 6.54 Å². The monoisotopic (exact) mass is 281 g/mol. The van der Waals surface area contributed by atoms with Crippen molar-refractivity contribution in [3.63, 3.8) is 0 Å². The number of hydrogen-bond donors (Lipinski definition) is 0. The topological polar surface area (TPSA) is 54.5 Å². The summed E-state index contributed by atoms with van der Waals surface area (Å²) in [5, 5.41) is -0.359. The van der Waals surface area contributed by atoms with Crippen LogP contribution in [0.3, 0.4) is 0 Å². The zero-order valence-corrected chi connectivity index (χ0v) is 11.8. The molecule has 0 radical (unpaired) electrons. The summed E-state index contributed by atoms with van der Waals surface area (Å²) in [7, 11) is -3.46. The lowest BCUT2D eigenvalue weighted by Gasteiger charge is -2.21. The minimum Gasteiger partial charge on any atom is -0.273 e. The fraction of sp³-hybridized carbons (Fsp3) is 0.643. The predicted octanol–water partition coefficient (Wildman–Crippen LogP) is 1.56. The van der Waals surface area contributed by atoms with Crippen molar-refractivity contribution in [3.8, 4) is 0 Å².